The molecule has 0 aliphatic carbocycles. The van der Waals surface area contributed by atoms with Crippen molar-refractivity contribution in [3.05, 3.63) is 46.8 Å². The lowest BCUT2D eigenvalue weighted by Crippen LogP contribution is -2.37. The summed E-state index contributed by atoms with van der Waals surface area (Å²) in [6, 6.07) is 9.19. The molecule has 3 rings (SSSR count). The fraction of sp³-hybridized carbons (Fsp3) is 0.353. The third-order valence-electron chi connectivity index (χ3n) is 4.41. The van der Waals surface area contributed by atoms with Crippen LogP contribution in [0.1, 0.15) is 12.8 Å². The molecular weight excluding hydrogens is 352 g/mol. The van der Waals surface area contributed by atoms with Crippen molar-refractivity contribution in [2.45, 2.75) is 12.8 Å². The number of aromatic nitrogens is 2. The molecule has 1 aromatic carbocycles. The van der Waals surface area contributed by atoms with Gasteiger partial charge in [-0.1, -0.05) is 18.2 Å². The number of para-hydroxylation sites is 1. The number of hydrogen-bond acceptors (Lipinski definition) is 9. The maximum absolute atomic E-state index is 11.7. The van der Waals surface area contributed by atoms with Crippen LogP contribution in [0.15, 0.2) is 36.7 Å². The van der Waals surface area contributed by atoms with E-state index in [1.807, 2.05) is 30.3 Å². The van der Waals surface area contributed by atoms with Gasteiger partial charge in [0.05, 0.1) is 23.6 Å². The lowest BCUT2D eigenvalue weighted by atomic mass is 9.97. The zero-order valence-corrected chi connectivity index (χ0v) is 14.8. The highest BCUT2D eigenvalue weighted by molar-refractivity contribution is 5.74. The van der Waals surface area contributed by atoms with Crippen LogP contribution in [-0.2, 0) is 9.53 Å². The van der Waals surface area contributed by atoms with Crippen LogP contribution in [0.2, 0.25) is 0 Å². The van der Waals surface area contributed by atoms with E-state index in [4.69, 9.17) is 4.74 Å². The maximum Gasteiger partial charge on any atom is 0.355 e. The van der Waals surface area contributed by atoms with Crippen LogP contribution >= 0.6 is 0 Å². The molecule has 27 heavy (non-hydrogen) atoms. The molecule has 0 unspecified atom stereocenters. The van der Waals surface area contributed by atoms with Crippen LogP contribution in [0.4, 0.5) is 23.0 Å². The van der Waals surface area contributed by atoms with Gasteiger partial charge in [0.1, 0.15) is 6.33 Å². The van der Waals surface area contributed by atoms with Crippen molar-refractivity contribution in [3.63, 3.8) is 0 Å². The number of nitrogens with zero attached hydrogens (tertiary/aromatic N) is 4. The first kappa shape index (κ1) is 18.4. The smallest absolute Gasteiger partial charge is 0.355 e. The minimum atomic E-state index is -0.503. The lowest BCUT2D eigenvalue weighted by molar-refractivity contribution is -0.383. The summed E-state index contributed by atoms with van der Waals surface area (Å²) in [6.07, 6.45) is 2.39. The Kier molecular flexibility index (Phi) is 5.64. The summed E-state index contributed by atoms with van der Waals surface area (Å²) in [4.78, 5) is 32.8. The first-order valence-electron chi connectivity index (χ1n) is 8.49. The number of benzene rings is 1. The van der Waals surface area contributed by atoms with Crippen LogP contribution in [0.3, 0.4) is 0 Å². The molecule has 1 aromatic heterocycles. The van der Waals surface area contributed by atoms with Crippen LogP contribution in [0.25, 0.3) is 0 Å². The number of anilines is 3. The highest BCUT2D eigenvalue weighted by Crippen LogP contribution is 2.34. The second-order valence-electron chi connectivity index (χ2n) is 6.05. The Morgan fingerprint density at radius 1 is 1.22 bits per heavy atom. The molecule has 0 saturated carbocycles. The number of ether oxygens (including phenoxy) is 1. The number of esters is 1. The summed E-state index contributed by atoms with van der Waals surface area (Å²) in [5.74, 6) is -0.134. The number of methoxy groups -OCH3 is 1. The number of rotatable bonds is 6. The molecule has 0 radical (unpaired) electrons. The van der Waals surface area contributed by atoms with E-state index in [0.29, 0.717) is 25.9 Å². The van der Waals surface area contributed by atoms with Crippen molar-refractivity contribution in [2.75, 3.05) is 36.0 Å². The zero-order valence-electron chi connectivity index (χ0n) is 14.8. The van der Waals surface area contributed by atoms with E-state index in [1.54, 1.807) is 4.90 Å². The molecule has 142 valence electrons. The van der Waals surface area contributed by atoms with Crippen LogP contribution in [0.5, 0.6) is 0 Å². The van der Waals surface area contributed by atoms with E-state index in [0.717, 1.165) is 5.69 Å². The third kappa shape index (κ3) is 4.22. The van der Waals surface area contributed by atoms with E-state index in [2.05, 4.69) is 20.8 Å². The van der Waals surface area contributed by atoms with Crippen molar-refractivity contribution in [3.8, 4) is 0 Å². The number of nitrogens with one attached hydrogen (secondary N) is 2. The second kappa shape index (κ2) is 8.30. The quantitative estimate of drug-likeness (QED) is 0.446. The Morgan fingerprint density at radius 3 is 2.56 bits per heavy atom. The van der Waals surface area contributed by atoms with Gasteiger partial charge in [0.15, 0.2) is 0 Å². The van der Waals surface area contributed by atoms with Crippen molar-refractivity contribution in [1.82, 2.24) is 9.97 Å². The summed E-state index contributed by atoms with van der Waals surface area (Å²) in [5.41, 5.74) is 6.21. The van der Waals surface area contributed by atoms with E-state index < -0.39 is 4.92 Å². The number of nitro groups is 1. The topological polar surface area (TPSA) is 123 Å². The SMILES string of the molecule is COC(=O)C1CCN(c2ncnc(NNc3ccccc3)c2[N+](=O)[O-])CC1. The van der Waals surface area contributed by atoms with Gasteiger partial charge in [-0.2, -0.15) is 0 Å². The average Bonchev–Trinajstić information content (AvgIpc) is 2.72. The van der Waals surface area contributed by atoms with Crippen molar-refractivity contribution in [1.29, 1.82) is 0 Å². The summed E-state index contributed by atoms with van der Waals surface area (Å²) >= 11 is 0. The van der Waals surface area contributed by atoms with Gasteiger partial charge in [-0.15, -0.1) is 0 Å². The monoisotopic (exact) mass is 372 g/mol. The van der Waals surface area contributed by atoms with E-state index in [-0.39, 0.29) is 29.2 Å². The van der Waals surface area contributed by atoms with Gasteiger partial charge in [0.2, 0.25) is 11.6 Å². The Balaban J connectivity index is 1.78. The van der Waals surface area contributed by atoms with Crippen LogP contribution in [-0.4, -0.2) is 41.1 Å². The largest absolute Gasteiger partial charge is 0.469 e. The van der Waals surface area contributed by atoms with E-state index in [9.17, 15) is 14.9 Å². The number of hydrogen-bond donors (Lipinski definition) is 2. The molecule has 1 fully saturated rings. The van der Waals surface area contributed by atoms with Crippen LogP contribution in [0, 0.1) is 16.0 Å². The third-order valence-corrected chi connectivity index (χ3v) is 4.41. The predicted octanol–water partition coefficient (Wildman–Crippen LogP) is 2.21. The van der Waals surface area contributed by atoms with Gasteiger partial charge in [0.25, 0.3) is 0 Å². The number of piperidine rings is 1. The first-order valence-corrected chi connectivity index (χ1v) is 8.49. The second-order valence-corrected chi connectivity index (χ2v) is 6.05. The van der Waals surface area contributed by atoms with Crippen molar-refractivity contribution < 1.29 is 14.5 Å². The Bertz CT molecular complexity index is 808. The van der Waals surface area contributed by atoms with Gasteiger partial charge in [-0.25, -0.2) is 9.97 Å². The lowest BCUT2D eigenvalue weighted by Gasteiger charge is -2.31. The fourth-order valence-corrected chi connectivity index (χ4v) is 3.01. The molecule has 0 amide bonds. The molecule has 2 N–H and O–H groups in total. The predicted molar refractivity (Wildman–Crippen MR) is 99.3 cm³/mol. The highest BCUT2D eigenvalue weighted by atomic mass is 16.6. The summed E-state index contributed by atoms with van der Waals surface area (Å²) < 4.78 is 4.78. The normalized spacial score (nSPS) is 14.5. The molecule has 1 aliphatic heterocycles. The molecule has 2 heterocycles. The molecule has 1 saturated heterocycles. The molecule has 0 bridgehead atoms. The molecule has 0 atom stereocenters. The van der Waals surface area contributed by atoms with Gasteiger partial charge < -0.3 is 9.64 Å². The highest BCUT2D eigenvalue weighted by Gasteiger charge is 2.32. The number of carbonyl (C=O) groups is 1. The van der Waals surface area contributed by atoms with Crippen molar-refractivity contribution >= 4 is 29.0 Å². The summed E-state index contributed by atoms with van der Waals surface area (Å²) in [5, 5.41) is 11.7. The van der Waals surface area contributed by atoms with Gasteiger partial charge in [0, 0.05) is 13.1 Å². The van der Waals surface area contributed by atoms with E-state index >= 15 is 0 Å². The van der Waals surface area contributed by atoms with Crippen LogP contribution < -0.4 is 15.8 Å². The molecule has 2 aromatic rings. The van der Waals surface area contributed by atoms with Crippen molar-refractivity contribution in [2.24, 2.45) is 5.92 Å². The van der Waals surface area contributed by atoms with Gasteiger partial charge >= 0.3 is 11.7 Å². The van der Waals surface area contributed by atoms with E-state index in [1.165, 1.54) is 13.4 Å². The Hall–Kier alpha value is -3.43. The van der Waals surface area contributed by atoms with Gasteiger partial charge in [-0.05, 0) is 25.0 Å². The molecule has 10 heteroatoms. The molecule has 1 aliphatic rings. The standard InChI is InChI=1S/C17H20N6O4/c1-27-17(24)12-7-9-22(10-8-12)16-14(23(25)26)15(18-11-19-16)21-20-13-5-3-2-4-6-13/h2-6,11-12,20H,7-10H2,1H3,(H,18,19,21). The zero-order chi connectivity index (χ0) is 19.2. The molecule has 0 spiro atoms. The number of carbonyl (C=O) groups excluding carboxylic acids is 1. The summed E-state index contributed by atoms with van der Waals surface area (Å²) in [6.45, 7) is 0.951. The summed E-state index contributed by atoms with van der Waals surface area (Å²) in [7, 11) is 1.36. The molecule has 10 nitrogen and oxygen atoms in total. The minimum Gasteiger partial charge on any atom is -0.469 e. The number of hydrazine groups is 1. The first-order chi connectivity index (χ1) is 13.1. The average molecular weight is 372 g/mol. The fourth-order valence-electron chi connectivity index (χ4n) is 3.01. The maximum atomic E-state index is 11.7. The Labute approximate surface area is 155 Å². The molecular formula is C17H20N6O4. The Morgan fingerprint density at radius 2 is 1.93 bits per heavy atom. The van der Waals surface area contributed by atoms with Gasteiger partial charge in [-0.3, -0.25) is 25.8 Å². The minimum absolute atomic E-state index is 0.0731.